The molecule has 0 radical (unpaired) electrons. The smallest absolute Gasteiger partial charge is 0.116 e. The zero-order valence-electron chi connectivity index (χ0n) is 7.82. The molecule has 0 aromatic heterocycles. The Morgan fingerprint density at radius 2 is 1.50 bits per heavy atom. The van der Waals surface area contributed by atoms with Gasteiger partial charge >= 0.3 is 0 Å². The molecule has 0 unspecified atom stereocenters. The summed E-state index contributed by atoms with van der Waals surface area (Å²) < 4.78 is 0. The summed E-state index contributed by atoms with van der Waals surface area (Å²) in [5, 5.41) is 8.63. The average molecular weight is 168 g/mol. The van der Waals surface area contributed by atoms with Crippen LogP contribution in [-0.2, 0) is 4.79 Å². The van der Waals surface area contributed by atoms with Gasteiger partial charge in [0.1, 0.15) is 12.0 Å². The van der Waals surface area contributed by atoms with Gasteiger partial charge in [-0.1, -0.05) is 32.0 Å². The first-order valence-electron chi connectivity index (χ1n) is 3.95. The Hall–Kier alpha value is -1.31. The van der Waals surface area contributed by atoms with E-state index in [4.69, 9.17) is 9.90 Å². The molecular weight excluding hydrogens is 152 g/mol. The van der Waals surface area contributed by atoms with Gasteiger partial charge in [0.15, 0.2) is 0 Å². The van der Waals surface area contributed by atoms with Crippen molar-refractivity contribution in [3.63, 3.8) is 0 Å². The molecule has 1 rings (SSSR count). The molecule has 0 heterocycles. The van der Waals surface area contributed by atoms with Gasteiger partial charge in [-0.3, -0.25) is 0 Å². The van der Waals surface area contributed by atoms with Crippen LogP contribution in [-0.4, -0.2) is 11.4 Å². The summed E-state index contributed by atoms with van der Waals surface area (Å²) >= 11 is 0. The Balaban J connectivity index is 0. The Morgan fingerprint density at radius 3 is 1.67 bits per heavy atom. The third-order valence-corrected chi connectivity index (χ3v) is 0.756. The normalized spacial score (nSPS) is 6.58. The van der Waals surface area contributed by atoms with E-state index in [1.165, 1.54) is 6.92 Å². The SMILES string of the molecule is CC.CC=O.Oc1ccccc1. The third kappa shape index (κ3) is 11.5. The van der Waals surface area contributed by atoms with Gasteiger partial charge in [-0.25, -0.2) is 0 Å². The topological polar surface area (TPSA) is 37.3 Å². The van der Waals surface area contributed by atoms with Crippen LogP contribution in [0.2, 0.25) is 0 Å². The van der Waals surface area contributed by atoms with Crippen LogP contribution in [0.3, 0.4) is 0 Å². The fourth-order valence-electron chi connectivity index (χ4n) is 0.428. The van der Waals surface area contributed by atoms with E-state index in [9.17, 15) is 0 Å². The zero-order chi connectivity index (χ0) is 9.82. The number of phenolic OH excluding ortho intramolecular Hbond substituents is 1. The largest absolute Gasteiger partial charge is 0.508 e. The lowest BCUT2D eigenvalue weighted by atomic mass is 10.3. The lowest BCUT2D eigenvalue weighted by Crippen LogP contribution is -1.56. The lowest BCUT2D eigenvalue weighted by molar-refractivity contribution is -0.106. The minimum absolute atomic E-state index is 0.322. The molecule has 12 heavy (non-hydrogen) atoms. The molecular formula is C10H16O2. The van der Waals surface area contributed by atoms with Crippen LogP contribution in [0, 0.1) is 0 Å². The van der Waals surface area contributed by atoms with Crippen LogP contribution in [0.4, 0.5) is 0 Å². The molecule has 1 N–H and O–H groups in total. The van der Waals surface area contributed by atoms with E-state index in [0.717, 1.165) is 6.29 Å². The minimum Gasteiger partial charge on any atom is -0.508 e. The molecule has 2 heteroatoms. The van der Waals surface area contributed by atoms with Crippen LogP contribution < -0.4 is 0 Å². The molecule has 68 valence electrons. The van der Waals surface area contributed by atoms with Gasteiger partial charge in [0, 0.05) is 0 Å². The Bertz CT molecular complexity index is 170. The van der Waals surface area contributed by atoms with Gasteiger partial charge in [0.2, 0.25) is 0 Å². The molecule has 1 aromatic carbocycles. The van der Waals surface area contributed by atoms with Gasteiger partial charge in [-0.2, -0.15) is 0 Å². The second-order valence-electron chi connectivity index (χ2n) is 1.57. The summed E-state index contributed by atoms with van der Waals surface area (Å²) in [7, 11) is 0. The highest BCUT2D eigenvalue weighted by molar-refractivity contribution is 5.44. The molecule has 0 bridgehead atoms. The van der Waals surface area contributed by atoms with Crippen molar-refractivity contribution < 1.29 is 9.90 Å². The number of para-hydroxylation sites is 1. The molecule has 0 amide bonds. The fraction of sp³-hybridized carbons (Fsp3) is 0.300. The van der Waals surface area contributed by atoms with E-state index < -0.39 is 0 Å². The number of phenols is 1. The van der Waals surface area contributed by atoms with Gasteiger partial charge in [0.25, 0.3) is 0 Å². The lowest BCUT2D eigenvalue weighted by Gasteiger charge is -1.82. The molecule has 0 spiro atoms. The number of aldehydes is 1. The van der Waals surface area contributed by atoms with Crippen molar-refractivity contribution in [2.75, 3.05) is 0 Å². The Kier molecular flexibility index (Phi) is 13.7. The predicted molar refractivity (Wildman–Crippen MR) is 51.2 cm³/mol. The molecule has 0 aliphatic carbocycles. The molecule has 0 aliphatic heterocycles. The molecule has 0 saturated carbocycles. The molecule has 0 atom stereocenters. The van der Waals surface area contributed by atoms with E-state index in [1.807, 2.05) is 19.9 Å². The number of hydrogen-bond donors (Lipinski definition) is 1. The van der Waals surface area contributed by atoms with E-state index >= 15 is 0 Å². The average Bonchev–Trinajstić information content (AvgIpc) is 2.11. The number of carbonyl (C=O) groups is 1. The molecule has 0 fully saturated rings. The highest BCUT2D eigenvalue weighted by atomic mass is 16.3. The van der Waals surface area contributed by atoms with Crippen LogP contribution in [0.25, 0.3) is 0 Å². The van der Waals surface area contributed by atoms with Crippen molar-refractivity contribution in [2.45, 2.75) is 20.8 Å². The number of hydrogen-bond acceptors (Lipinski definition) is 2. The van der Waals surface area contributed by atoms with E-state index in [0.29, 0.717) is 5.75 Å². The van der Waals surface area contributed by atoms with E-state index in [-0.39, 0.29) is 0 Å². The monoisotopic (exact) mass is 168 g/mol. The summed E-state index contributed by atoms with van der Waals surface area (Å²) in [6.45, 7) is 5.44. The quantitative estimate of drug-likeness (QED) is 0.604. The summed E-state index contributed by atoms with van der Waals surface area (Å²) in [6, 6.07) is 8.71. The van der Waals surface area contributed by atoms with Gasteiger partial charge in [-0.15, -0.1) is 0 Å². The predicted octanol–water partition coefficient (Wildman–Crippen LogP) is 2.62. The highest BCUT2D eigenvalue weighted by Gasteiger charge is 1.74. The Morgan fingerprint density at radius 1 is 1.17 bits per heavy atom. The van der Waals surface area contributed by atoms with Crippen LogP contribution in [0.1, 0.15) is 20.8 Å². The Labute approximate surface area is 73.9 Å². The van der Waals surface area contributed by atoms with Crippen molar-refractivity contribution in [1.29, 1.82) is 0 Å². The number of benzene rings is 1. The first-order valence-corrected chi connectivity index (χ1v) is 3.95. The molecule has 2 nitrogen and oxygen atoms in total. The standard InChI is InChI=1S/C6H6O.C2H4O.C2H6/c7-6-4-2-1-3-5-6;1-2-3;1-2/h1-5,7H;2H,1H3;1-2H3. The van der Waals surface area contributed by atoms with Crippen LogP contribution in [0.5, 0.6) is 5.75 Å². The minimum atomic E-state index is 0.322. The summed E-state index contributed by atoms with van der Waals surface area (Å²) in [5.41, 5.74) is 0. The molecule has 0 aliphatic rings. The first-order chi connectivity index (χ1) is 5.81. The van der Waals surface area contributed by atoms with Gasteiger partial charge < -0.3 is 9.90 Å². The van der Waals surface area contributed by atoms with Crippen molar-refractivity contribution >= 4 is 6.29 Å². The molecule has 1 aromatic rings. The summed E-state index contributed by atoms with van der Waals surface area (Å²) in [4.78, 5) is 8.81. The number of rotatable bonds is 0. The number of aromatic hydroxyl groups is 1. The maximum Gasteiger partial charge on any atom is 0.116 e. The van der Waals surface area contributed by atoms with Crippen molar-refractivity contribution in [3.8, 4) is 5.75 Å². The molecule has 0 saturated heterocycles. The van der Waals surface area contributed by atoms with E-state index in [1.54, 1.807) is 24.3 Å². The van der Waals surface area contributed by atoms with Gasteiger partial charge in [0.05, 0.1) is 0 Å². The second-order valence-corrected chi connectivity index (χ2v) is 1.57. The van der Waals surface area contributed by atoms with Crippen molar-refractivity contribution in [3.05, 3.63) is 30.3 Å². The van der Waals surface area contributed by atoms with Crippen molar-refractivity contribution in [2.24, 2.45) is 0 Å². The fourth-order valence-corrected chi connectivity index (χ4v) is 0.428. The third-order valence-electron chi connectivity index (χ3n) is 0.756. The van der Waals surface area contributed by atoms with Crippen molar-refractivity contribution in [1.82, 2.24) is 0 Å². The maximum atomic E-state index is 8.81. The van der Waals surface area contributed by atoms with Gasteiger partial charge in [-0.05, 0) is 19.1 Å². The maximum absolute atomic E-state index is 8.81. The summed E-state index contributed by atoms with van der Waals surface area (Å²) in [6.07, 6.45) is 0.750. The first kappa shape index (κ1) is 13.3. The van der Waals surface area contributed by atoms with Crippen LogP contribution >= 0.6 is 0 Å². The zero-order valence-corrected chi connectivity index (χ0v) is 7.82. The highest BCUT2D eigenvalue weighted by Crippen LogP contribution is 2.02. The second kappa shape index (κ2) is 12.4. The van der Waals surface area contributed by atoms with E-state index in [2.05, 4.69) is 0 Å². The number of carbonyl (C=O) groups excluding carboxylic acids is 1. The van der Waals surface area contributed by atoms with Crippen LogP contribution in [0.15, 0.2) is 30.3 Å². The summed E-state index contributed by atoms with van der Waals surface area (Å²) in [5.74, 6) is 0.322.